The molecule has 0 spiro atoms. The molecule has 0 bridgehead atoms. The molecule has 0 radical (unpaired) electrons. The van der Waals surface area contributed by atoms with Crippen molar-refractivity contribution in [3.05, 3.63) is 29.8 Å². The summed E-state index contributed by atoms with van der Waals surface area (Å²) in [5, 5.41) is 0.639. The van der Waals surface area contributed by atoms with Crippen molar-refractivity contribution in [1.29, 1.82) is 0 Å². The summed E-state index contributed by atoms with van der Waals surface area (Å²) in [5.41, 5.74) is 0.987. The number of benzene rings is 1. The Labute approximate surface area is 127 Å². The summed E-state index contributed by atoms with van der Waals surface area (Å²) < 4.78 is -3.78. The van der Waals surface area contributed by atoms with Crippen molar-refractivity contribution in [3.8, 4) is 0 Å². The van der Waals surface area contributed by atoms with Gasteiger partial charge in [0.15, 0.2) is 0 Å². The Morgan fingerprint density at radius 2 is 1.59 bits per heavy atom. The molecular weight excluding hydrogens is 356 g/mol. The van der Waals surface area contributed by atoms with Crippen molar-refractivity contribution >= 4 is 72.7 Å². The SMILES string of the molecule is C[Si](C)(Cl)CCc1ccccc1P(Cl)(Cl)(Cl)Cl. The zero-order valence-corrected chi connectivity index (χ0v) is 15.2. The molecule has 0 aliphatic rings. The van der Waals surface area contributed by atoms with Gasteiger partial charge in [-0.1, -0.05) is 0 Å². The monoisotopic (exact) mass is 368 g/mol. The molecule has 0 aliphatic carbocycles. The van der Waals surface area contributed by atoms with E-state index >= 15 is 0 Å². The quantitative estimate of drug-likeness (QED) is 0.324. The van der Waals surface area contributed by atoms with Crippen molar-refractivity contribution in [1.82, 2.24) is 0 Å². The Morgan fingerprint density at radius 3 is 2.06 bits per heavy atom. The Hall–Kier alpha value is 1.32. The van der Waals surface area contributed by atoms with Crippen molar-refractivity contribution in [2.75, 3.05) is 0 Å². The normalized spacial score (nSPS) is 15.4. The van der Waals surface area contributed by atoms with E-state index in [2.05, 4.69) is 13.1 Å². The number of hydrogen-bond donors (Lipinski definition) is 0. The average Bonchev–Trinajstić information content (AvgIpc) is 2.11. The van der Waals surface area contributed by atoms with Crippen molar-refractivity contribution < 1.29 is 0 Å². The predicted molar refractivity (Wildman–Crippen MR) is 88.3 cm³/mol. The van der Waals surface area contributed by atoms with Crippen LogP contribution in [-0.2, 0) is 6.42 Å². The molecule has 0 saturated heterocycles. The molecule has 0 atom stereocenters. The van der Waals surface area contributed by atoms with Crippen LogP contribution in [0.4, 0.5) is 0 Å². The number of rotatable bonds is 4. The molecule has 0 unspecified atom stereocenters. The molecule has 17 heavy (non-hydrogen) atoms. The van der Waals surface area contributed by atoms with Gasteiger partial charge in [-0.05, 0) is 0 Å². The molecule has 7 heteroatoms. The third-order valence-corrected chi connectivity index (χ3v) is 7.70. The standard InChI is InChI=1S/C10H14Cl5PSi/c1-17(2,15)8-7-9-5-3-4-6-10(9)16(11,12,13)14/h3-6H,7-8H2,1-2H3. The summed E-state index contributed by atoms with van der Waals surface area (Å²) in [6.45, 7) is 4.19. The number of aryl methyl sites for hydroxylation is 1. The van der Waals surface area contributed by atoms with E-state index in [-0.39, 0.29) is 0 Å². The van der Waals surface area contributed by atoms with Gasteiger partial charge in [-0.15, -0.1) is 0 Å². The summed E-state index contributed by atoms with van der Waals surface area (Å²) >= 11 is 30.6. The van der Waals surface area contributed by atoms with Gasteiger partial charge >= 0.3 is 128 Å². The Kier molecular flexibility index (Phi) is 5.17. The molecule has 0 saturated carbocycles. The van der Waals surface area contributed by atoms with Gasteiger partial charge < -0.3 is 0 Å². The second-order valence-electron chi connectivity index (χ2n) is 4.57. The van der Waals surface area contributed by atoms with Crippen LogP contribution in [0.5, 0.6) is 0 Å². The Bertz CT molecular complexity index is 398. The van der Waals surface area contributed by atoms with Gasteiger partial charge in [0.05, 0.1) is 0 Å². The van der Waals surface area contributed by atoms with Crippen LogP contribution >= 0.6 is 60.1 Å². The maximum absolute atomic E-state index is 6.30. The van der Waals surface area contributed by atoms with Crippen LogP contribution in [0.3, 0.4) is 0 Å². The van der Waals surface area contributed by atoms with Crippen LogP contribution < -0.4 is 5.30 Å². The van der Waals surface area contributed by atoms with Crippen LogP contribution in [0.2, 0.25) is 19.1 Å². The van der Waals surface area contributed by atoms with Crippen LogP contribution in [0, 0.1) is 0 Å². The first-order valence-corrected chi connectivity index (χ1v) is 15.2. The van der Waals surface area contributed by atoms with E-state index in [9.17, 15) is 0 Å². The van der Waals surface area contributed by atoms with E-state index in [4.69, 9.17) is 56.0 Å². The zero-order valence-electron chi connectivity index (χ0n) is 9.56. The summed E-state index contributed by atoms with van der Waals surface area (Å²) in [7, 11) is -1.63. The van der Waals surface area contributed by atoms with Crippen LogP contribution in [0.1, 0.15) is 5.56 Å². The Morgan fingerprint density at radius 1 is 1.06 bits per heavy atom. The fraction of sp³-hybridized carbons (Fsp3) is 0.400. The van der Waals surface area contributed by atoms with Gasteiger partial charge in [0.2, 0.25) is 0 Å². The molecule has 0 aliphatic heterocycles. The van der Waals surface area contributed by atoms with Gasteiger partial charge in [-0.2, -0.15) is 0 Å². The van der Waals surface area contributed by atoms with Gasteiger partial charge in [-0.3, -0.25) is 0 Å². The molecule has 1 aromatic carbocycles. The van der Waals surface area contributed by atoms with Crippen molar-refractivity contribution in [2.24, 2.45) is 0 Å². The second kappa shape index (κ2) is 5.36. The number of hydrogen-bond acceptors (Lipinski definition) is 0. The molecule has 0 fully saturated rings. The molecular formula is C10H14Cl5PSi. The minimum atomic E-state index is -3.78. The minimum absolute atomic E-state index is 0.639. The summed E-state index contributed by atoms with van der Waals surface area (Å²) in [6, 6.07) is 8.42. The summed E-state index contributed by atoms with van der Waals surface area (Å²) in [4.78, 5) is 0. The summed E-state index contributed by atoms with van der Waals surface area (Å²) in [6.07, 6.45) is 0.801. The number of halogens is 5. The van der Waals surface area contributed by atoms with Crippen LogP contribution in [0.15, 0.2) is 24.3 Å². The molecule has 0 aromatic heterocycles. The van der Waals surface area contributed by atoms with Gasteiger partial charge in [0.25, 0.3) is 0 Å². The molecule has 0 nitrogen and oxygen atoms in total. The first-order valence-electron chi connectivity index (χ1n) is 5.12. The molecule has 0 heterocycles. The Balaban J connectivity index is 3.02. The first-order chi connectivity index (χ1) is 7.46. The second-order valence-corrected chi connectivity index (χ2v) is 24.7. The summed E-state index contributed by atoms with van der Waals surface area (Å²) in [5.74, 6) is 0. The van der Waals surface area contributed by atoms with E-state index in [1.54, 1.807) is 6.07 Å². The first kappa shape index (κ1) is 16.4. The van der Waals surface area contributed by atoms with E-state index in [0.29, 0.717) is 5.30 Å². The molecule has 0 amide bonds. The van der Waals surface area contributed by atoms with Gasteiger partial charge in [0, 0.05) is 0 Å². The van der Waals surface area contributed by atoms with Crippen LogP contribution in [0.25, 0.3) is 0 Å². The van der Waals surface area contributed by atoms with E-state index < -0.39 is 11.4 Å². The third kappa shape index (κ3) is 5.87. The maximum atomic E-state index is 6.30. The van der Waals surface area contributed by atoms with Crippen molar-refractivity contribution in [3.63, 3.8) is 0 Å². The van der Waals surface area contributed by atoms with E-state index in [0.717, 1.165) is 18.0 Å². The van der Waals surface area contributed by atoms with Gasteiger partial charge in [-0.25, -0.2) is 0 Å². The van der Waals surface area contributed by atoms with Gasteiger partial charge in [0.1, 0.15) is 0 Å². The zero-order chi connectivity index (χ0) is 13.3. The van der Waals surface area contributed by atoms with E-state index in [1.807, 2.05) is 18.2 Å². The molecule has 0 N–H and O–H groups in total. The van der Waals surface area contributed by atoms with Crippen LogP contribution in [-0.4, -0.2) is 7.38 Å². The molecule has 1 rings (SSSR count). The average molecular weight is 371 g/mol. The van der Waals surface area contributed by atoms with Crippen molar-refractivity contribution in [2.45, 2.75) is 25.6 Å². The predicted octanol–water partition coefficient (Wildman–Crippen LogP) is 6.47. The third-order valence-electron chi connectivity index (χ3n) is 2.34. The molecule has 98 valence electrons. The topological polar surface area (TPSA) is 0 Å². The molecule has 1 aromatic rings. The van der Waals surface area contributed by atoms with E-state index in [1.165, 1.54) is 0 Å². The fourth-order valence-corrected chi connectivity index (χ4v) is 5.54. The fourth-order valence-electron chi connectivity index (χ4n) is 1.48.